The third kappa shape index (κ3) is 8.29. The van der Waals surface area contributed by atoms with E-state index in [0.29, 0.717) is 0 Å². The Labute approximate surface area is 308 Å². The number of hydrogen-bond acceptors (Lipinski definition) is 19. The zero-order chi connectivity index (χ0) is 39.7. The number of aromatic hydroxyl groups is 5. The van der Waals surface area contributed by atoms with Gasteiger partial charge in [-0.25, -0.2) is 4.79 Å². The average Bonchev–Trinajstić information content (AvgIpc) is 3.15. The van der Waals surface area contributed by atoms with Gasteiger partial charge in [0.25, 0.3) is 0 Å². The Morgan fingerprint density at radius 3 is 2.07 bits per heavy atom. The molecule has 11 N–H and O–H groups in total. The molecular weight excluding hydrogens is 736 g/mol. The standard InChI is InChI=1S/C36H36O19/c37-12-25-29(45)30(46)32(48)35(53-25)50-13-26-34(55-27(44)6-2-14-1-4-17(38)19(40)7-14)31(47)33(49)36(54-26)51-16-9-21(42)28-22(43)11-23(52-24(28)10-16)15-3-5-18(39)20(41)8-15/h1-11,25-26,29-42,45-49H,12-13H2/b6-2+/t25-,26-,29-,30+,31-,32-,33-,34-,35-,36-/m1/s1. The van der Waals surface area contributed by atoms with Crippen LogP contribution in [0.4, 0.5) is 0 Å². The fraction of sp³-hybridized carbons (Fsp3) is 0.333. The monoisotopic (exact) mass is 772 g/mol. The molecule has 0 bridgehead atoms. The maximum absolute atomic E-state index is 12.9. The third-order valence-electron chi connectivity index (χ3n) is 8.87. The second-order valence-electron chi connectivity index (χ2n) is 12.6. The van der Waals surface area contributed by atoms with Crippen LogP contribution in [-0.2, 0) is 23.7 Å². The molecule has 19 heteroatoms. The van der Waals surface area contributed by atoms with Gasteiger partial charge in [-0.05, 0) is 42.0 Å². The molecule has 55 heavy (non-hydrogen) atoms. The van der Waals surface area contributed by atoms with E-state index in [9.17, 15) is 65.8 Å². The lowest BCUT2D eigenvalue weighted by atomic mass is 9.98. The molecule has 2 saturated heterocycles. The van der Waals surface area contributed by atoms with Gasteiger partial charge in [-0.15, -0.1) is 0 Å². The first-order valence-electron chi connectivity index (χ1n) is 16.5. The maximum atomic E-state index is 12.9. The highest BCUT2D eigenvalue weighted by Crippen LogP contribution is 2.36. The van der Waals surface area contributed by atoms with Gasteiger partial charge in [-0.3, -0.25) is 4.79 Å². The van der Waals surface area contributed by atoms with Crippen LogP contribution in [0.1, 0.15) is 5.56 Å². The Bertz CT molecular complexity index is 2110. The molecule has 2 aliphatic heterocycles. The Balaban J connectivity index is 1.26. The van der Waals surface area contributed by atoms with Crippen LogP contribution in [-0.4, -0.2) is 137 Å². The predicted octanol–water partition coefficient (Wildman–Crippen LogP) is -0.745. The molecule has 19 nitrogen and oxygen atoms in total. The van der Waals surface area contributed by atoms with Gasteiger partial charge in [0.15, 0.2) is 40.8 Å². The highest BCUT2D eigenvalue weighted by Gasteiger charge is 2.50. The average molecular weight is 773 g/mol. The van der Waals surface area contributed by atoms with Crippen molar-refractivity contribution in [1.29, 1.82) is 0 Å². The number of carbonyl (C=O) groups excluding carboxylic acids is 1. The van der Waals surface area contributed by atoms with Gasteiger partial charge in [0.2, 0.25) is 6.29 Å². The van der Waals surface area contributed by atoms with Crippen LogP contribution in [0.5, 0.6) is 34.5 Å². The zero-order valence-electron chi connectivity index (χ0n) is 28.2. The summed E-state index contributed by atoms with van der Waals surface area (Å²) in [7, 11) is 0. The third-order valence-corrected chi connectivity index (χ3v) is 8.87. The van der Waals surface area contributed by atoms with Crippen molar-refractivity contribution < 1.29 is 89.1 Å². The number of ether oxygens (including phenoxy) is 5. The normalized spacial score (nSPS) is 28.3. The van der Waals surface area contributed by atoms with Gasteiger partial charge in [-0.2, -0.15) is 0 Å². The van der Waals surface area contributed by atoms with Gasteiger partial charge in [-0.1, -0.05) is 6.07 Å². The van der Waals surface area contributed by atoms with E-state index in [2.05, 4.69) is 0 Å². The van der Waals surface area contributed by atoms with E-state index >= 15 is 0 Å². The van der Waals surface area contributed by atoms with E-state index in [1.54, 1.807) is 0 Å². The van der Waals surface area contributed by atoms with Crippen molar-refractivity contribution in [2.24, 2.45) is 0 Å². The number of phenolic OH excluding ortho intramolecular Hbond substituents is 5. The van der Waals surface area contributed by atoms with Crippen molar-refractivity contribution in [1.82, 2.24) is 0 Å². The Kier molecular flexibility index (Phi) is 11.5. The van der Waals surface area contributed by atoms with E-state index in [4.69, 9.17) is 28.1 Å². The van der Waals surface area contributed by atoms with Crippen LogP contribution in [0.25, 0.3) is 28.4 Å². The lowest BCUT2D eigenvalue weighted by Crippen LogP contribution is -2.63. The Morgan fingerprint density at radius 1 is 0.709 bits per heavy atom. The van der Waals surface area contributed by atoms with Gasteiger partial charge < -0.3 is 84.3 Å². The smallest absolute Gasteiger partial charge is 0.331 e. The van der Waals surface area contributed by atoms with Gasteiger partial charge in [0.05, 0.1) is 13.2 Å². The van der Waals surface area contributed by atoms with E-state index in [1.807, 2.05) is 0 Å². The van der Waals surface area contributed by atoms with Crippen LogP contribution in [0.3, 0.4) is 0 Å². The molecular formula is C36H36O19. The topological polar surface area (TPSA) is 316 Å². The quantitative estimate of drug-likeness (QED) is 0.0537. The summed E-state index contributed by atoms with van der Waals surface area (Å²) in [4.78, 5) is 25.8. The number of phenols is 5. The first-order valence-corrected chi connectivity index (χ1v) is 16.5. The second kappa shape index (κ2) is 16.1. The molecule has 2 aliphatic rings. The number of esters is 1. The molecule has 6 rings (SSSR count). The minimum Gasteiger partial charge on any atom is -0.507 e. The zero-order valence-corrected chi connectivity index (χ0v) is 28.2. The number of hydrogen-bond donors (Lipinski definition) is 11. The molecule has 0 spiro atoms. The summed E-state index contributed by atoms with van der Waals surface area (Å²) < 4.78 is 33.8. The van der Waals surface area contributed by atoms with E-state index < -0.39 is 115 Å². The summed E-state index contributed by atoms with van der Waals surface area (Å²) in [6.45, 7) is -1.48. The van der Waals surface area contributed by atoms with Gasteiger partial charge in [0, 0.05) is 29.8 Å². The van der Waals surface area contributed by atoms with Crippen molar-refractivity contribution >= 4 is 23.0 Å². The molecule has 1 aromatic heterocycles. The second-order valence-corrected chi connectivity index (χ2v) is 12.6. The summed E-state index contributed by atoms with van der Waals surface area (Å²) >= 11 is 0. The molecule has 0 unspecified atom stereocenters. The van der Waals surface area contributed by atoms with Crippen LogP contribution < -0.4 is 10.2 Å². The summed E-state index contributed by atoms with van der Waals surface area (Å²) in [6, 6.07) is 10.5. The minimum atomic E-state index is -1.98. The lowest BCUT2D eigenvalue weighted by molar-refractivity contribution is -0.323. The van der Waals surface area contributed by atoms with Crippen LogP contribution in [0.2, 0.25) is 0 Å². The first kappa shape index (κ1) is 39.2. The van der Waals surface area contributed by atoms with Crippen LogP contribution in [0, 0.1) is 0 Å². The largest absolute Gasteiger partial charge is 0.507 e. The first-order chi connectivity index (χ1) is 26.1. The van der Waals surface area contributed by atoms with Gasteiger partial charge >= 0.3 is 5.97 Å². The highest BCUT2D eigenvalue weighted by atomic mass is 16.7. The fourth-order valence-corrected chi connectivity index (χ4v) is 5.92. The number of rotatable bonds is 10. The Morgan fingerprint density at radius 2 is 1.38 bits per heavy atom. The summed E-state index contributed by atoms with van der Waals surface area (Å²) in [5.41, 5.74) is -0.456. The molecule has 0 radical (unpaired) electrons. The molecule has 0 aliphatic carbocycles. The van der Waals surface area contributed by atoms with E-state index in [0.717, 1.165) is 36.4 Å². The molecule has 2 fully saturated rings. The van der Waals surface area contributed by atoms with Crippen LogP contribution in [0.15, 0.2) is 69.9 Å². The minimum absolute atomic E-state index is 0.0694. The number of carbonyl (C=O) groups is 1. The van der Waals surface area contributed by atoms with E-state index in [1.165, 1.54) is 30.3 Å². The molecule has 0 saturated carbocycles. The number of aliphatic hydroxyl groups is 6. The SMILES string of the molecule is O=C(/C=C/c1ccc(O)c(O)c1)O[C@H]1[C@H](O)[C@@H](O)[C@H](Oc2cc(O)c3c(=O)cc(-c4ccc(O)c(O)c4)oc3c2)O[C@@H]1CO[C@@H]1O[C@H](CO)[C@@H](O)[C@H](O)[C@H]1O. The predicted molar refractivity (Wildman–Crippen MR) is 183 cm³/mol. The fourth-order valence-electron chi connectivity index (χ4n) is 5.92. The summed E-state index contributed by atoms with van der Waals surface area (Å²) in [5, 5.41) is 112. The Hall–Kier alpha value is -5.48. The molecule has 294 valence electrons. The number of fused-ring (bicyclic) bond motifs is 1. The molecule has 4 aromatic rings. The highest BCUT2D eigenvalue weighted by molar-refractivity contribution is 5.87. The molecule has 3 aromatic carbocycles. The summed E-state index contributed by atoms with van der Waals surface area (Å²) in [6.07, 6.45) is -15.3. The van der Waals surface area contributed by atoms with Crippen molar-refractivity contribution in [3.63, 3.8) is 0 Å². The van der Waals surface area contributed by atoms with Crippen molar-refractivity contribution in [3.8, 4) is 45.8 Å². The number of benzene rings is 3. The lowest BCUT2D eigenvalue weighted by Gasteiger charge is -2.43. The van der Waals surface area contributed by atoms with Crippen molar-refractivity contribution in [2.45, 2.75) is 61.4 Å². The van der Waals surface area contributed by atoms with Crippen LogP contribution >= 0.6 is 0 Å². The van der Waals surface area contributed by atoms with Crippen molar-refractivity contribution in [3.05, 3.63) is 76.5 Å². The maximum Gasteiger partial charge on any atom is 0.331 e. The van der Waals surface area contributed by atoms with Crippen molar-refractivity contribution in [2.75, 3.05) is 13.2 Å². The molecule has 3 heterocycles. The molecule has 10 atom stereocenters. The van der Waals surface area contributed by atoms with Gasteiger partial charge in [0.1, 0.15) is 71.0 Å². The van der Waals surface area contributed by atoms with E-state index in [-0.39, 0.29) is 33.6 Å². The number of aliphatic hydroxyl groups excluding tert-OH is 6. The molecule has 0 amide bonds. The summed E-state index contributed by atoms with van der Waals surface area (Å²) in [5.74, 6) is -3.82.